The van der Waals surface area contributed by atoms with E-state index in [-0.39, 0.29) is 37.7 Å². The highest BCUT2D eigenvalue weighted by Crippen LogP contribution is 2.68. The molecule has 2 saturated heterocycles. The van der Waals surface area contributed by atoms with Crippen molar-refractivity contribution in [3.8, 4) is 5.75 Å². The van der Waals surface area contributed by atoms with Crippen LogP contribution in [0, 0.1) is 23.1 Å². The van der Waals surface area contributed by atoms with Crippen LogP contribution in [0.15, 0.2) is 71.6 Å². The maximum Gasteiger partial charge on any atom is 0.344 e. The second-order valence-electron chi connectivity index (χ2n) is 20.1. The van der Waals surface area contributed by atoms with Crippen molar-refractivity contribution in [2.45, 2.75) is 104 Å². The molecular formula is C52H59F3N4O8S. The standard InChI is InChI=1S/C52H59F3N4O8S/c1-8-49-16-9-18-59-19-17-50(43(49)59)37-22-38(41(64-5)23-40(37)57(4)44(50)52(63,47(62)66-7)45(49)67-29(2)60)51(46(61)65-6)24-31-20-32(48(3,54)55)26-58(25-31)27-36-35-21-34(14-15-39(35)56-42(36)51)68-28-30-10-12-33(53)13-11-30/h9-16,21-23,31-32,43-45,56,63H,8,17-20,24-28H2,1-7H3/t31?,32?,43?,44?,45-,49-,50-,51+,52+/m1/s1. The summed E-state index contributed by atoms with van der Waals surface area (Å²) < 4.78 is 68.9. The number of hydrogen-bond acceptors (Lipinski definition) is 12. The summed E-state index contributed by atoms with van der Waals surface area (Å²) in [6.07, 6.45) is 3.85. The Hall–Kier alpha value is -5.03. The number of piperidine rings is 1. The zero-order valence-corrected chi connectivity index (χ0v) is 40.3. The zero-order valence-electron chi connectivity index (χ0n) is 39.5. The van der Waals surface area contributed by atoms with Crippen LogP contribution in [0.25, 0.3) is 10.9 Å². The van der Waals surface area contributed by atoms with Gasteiger partial charge in [-0.05, 0) is 98.2 Å². The van der Waals surface area contributed by atoms with Crippen LogP contribution in [0.3, 0.4) is 0 Å². The number of nitrogens with one attached hydrogen (secondary N) is 1. The first-order chi connectivity index (χ1) is 32.4. The van der Waals surface area contributed by atoms with Crippen molar-refractivity contribution in [1.82, 2.24) is 14.8 Å². The number of thioether (sulfide) groups is 1. The molecule has 6 aliphatic rings. The molecule has 1 spiro atoms. The minimum absolute atomic E-state index is 0.105. The van der Waals surface area contributed by atoms with Crippen LogP contribution >= 0.6 is 11.8 Å². The van der Waals surface area contributed by atoms with Crippen LogP contribution in [0.2, 0.25) is 0 Å². The Morgan fingerprint density at radius 3 is 2.41 bits per heavy atom. The van der Waals surface area contributed by atoms with Gasteiger partial charge in [-0.3, -0.25) is 19.4 Å². The normalized spacial score (nSPS) is 32.6. The number of benzene rings is 3. The van der Waals surface area contributed by atoms with Crippen molar-refractivity contribution in [2.75, 3.05) is 59.5 Å². The van der Waals surface area contributed by atoms with Crippen molar-refractivity contribution in [1.29, 1.82) is 0 Å². The molecule has 6 heterocycles. The molecule has 2 N–H and O–H groups in total. The largest absolute Gasteiger partial charge is 0.496 e. The van der Waals surface area contributed by atoms with Crippen LogP contribution < -0.4 is 9.64 Å². The number of hydrogen-bond donors (Lipinski definition) is 2. The lowest BCUT2D eigenvalue weighted by molar-refractivity contribution is -0.228. The van der Waals surface area contributed by atoms with Gasteiger partial charge in [0.1, 0.15) is 17.0 Å². The van der Waals surface area contributed by atoms with E-state index >= 15 is 13.6 Å². The molecule has 4 aromatic rings. The molecule has 0 amide bonds. The number of fused-ring (bicyclic) bond motifs is 6. The SMILES string of the molecule is CC[C@]12C=CCN3CC[C@@]4(c5cc([C@@]6(C(=O)OC)CC7CC(C(C)(F)F)CN(Cc8c6[nH]c6ccc(SCc9ccc(F)cc9)cc86)C7)c(OC)cc5N(C)C4[C@@](O)(C(=O)OC)[C@@H]1OC(C)=O)C32. The number of halogens is 3. The Morgan fingerprint density at radius 2 is 1.74 bits per heavy atom. The number of rotatable bonds is 10. The number of carbonyl (C=O) groups is 3. The van der Waals surface area contributed by atoms with Gasteiger partial charge in [-0.2, -0.15) is 0 Å². The fourth-order valence-electron chi connectivity index (χ4n) is 14.1. The van der Waals surface area contributed by atoms with Gasteiger partial charge in [-0.25, -0.2) is 18.0 Å². The molecule has 3 aromatic carbocycles. The highest BCUT2D eigenvalue weighted by molar-refractivity contribution is 7.98. The molecule has 12 nitrogen and oxygen atoms in total. The number of ether oxygens (including phenoxy) is 4. The van der Waals surface area contributed by atoms with Crippen LogP contribution in [0.4, 0.5) is 18.9 Å². The fraction of sp³-hybridized carbons (Fsp3) is 0.519. The molecule has 0 radical (unpaired) electrons. The number of carbonyl (C=O) groups excluding carboxylic acids is 3. The van der Waals surface area contributed by atoms with Gasteiger partial charge in [0, 0.05) is 108 Å². The molecule has 1 saturated carbocycles. The first-order valence-corrected chi connectivity index (χ1v) is 24.5. The summed E-state index contributed by atoms with van der Waals surface area (Å²) in [5.41, 5.74) is -1.13. The van der Waals surface area contributed by atoms with Gasteiger partial charge < -0.3 is 33.9 Å². The van der Waals surface area contributed by atoms with E-state index in [0.29, 0.717) is 60.9 Å². The molecule has 1 aromatic heterocycles. The quantitative estimate of drug-likeness (QED) is 0.0706. The number of likely N-dealkylation sites (N-methyl/N-ethyl adjacent to an activating group) is 1. The lowest BCUT2D eigenvalue weighted by Crippen LogP contribution is -2.81. The van der Waals surface area contributed by atoms with Crippen molar-refractivity contribution >= 4 is 46.3 Å². The summed E-state index contributed by atoms with van der Waals surface area (Å²) in [4.78, 5) is 54.0. The first kappa shape index (κ1) is 46.7. The van der Waals surface area contributed by atoms with Crippen LogP contribution in [0.5, 0.6) is 5.75 Å². The highest BCUT2D eigenvalue weighted by atomic mass is 32.2. The third-order valence-electron chi connectivity index (χ3n) is 16.7. The predicted molar refractivity (Wildman–Crippen MR) is 250 cm³/mol. The summed E-state index contributed by atoms with van der Waals surface area (Å²) >= 11 is 1.58. The van der Waals surface area contributed by atoms with Gasteiger partial charge in [-0.1, -0.05) is 31.2 Å². The van der Waals surface area contributed by atoms with Crippen LogP contribution in [-0.4, -0.2) is 122 Å². The summed E-state index contributed by atoms with van der Waals surface area (Å²) in [6, 6.07) is 14.9. The molecule has 10 atom stereocenters. The Kier molecular flexibility index (Phi) is 11.4. The molecule has 362 valence electrons. The minimum atomic E-state index is -2.99. The van der Waals surface area contributed by atoms with Gasteiger partial charge >= 0.3 is 17.9 Å². The van der Waals surface area contributed by atoms with Gasteiger partial charge in [0.2, 0.25) is 11.5 Å². The molecule has 5 unspecified atom stereocenters. The van der Waals surface area contributed by atoms with E-state index in [0.717, 1.165) is 39.4 Å². The number of aromatic amines is 1. The Labute approximate surface area is 398 Å². The Morgan fingerprint density at radius 1 is 0.985 bits per heavy atom. The van der Waals surface area contributed by atoms with Crippen molar-refractivity contribution in [2.24, 2.45) is 17.3 Å². The number of esters is 3. The van der Waals surface area contributed by atoms with Gasteiger partial charge in [-0.15, -0.1) is 11.8 Å². The summed E-state index contributed by atoms with van der Waals surface area (Å²) in [6.45, 7) is 6.31. The molecule has 5 aliphatic heterocycles. The smallest absolute Gasteiger partial charge is 0.344 e. The summed E-state index contributed by atoms with van der Waals surface area (Å²) in [5.74, 6) is -5.92. The van der Waals surface area contributed by atoms with E-state index in [9.17, 15) is 19.1 Å². The monoisotopic (exact) mass is 956 g/mol. The number of alkyl halides is 2. The lowest BCUT2D eigenvalue weighted by Gasteiger charge is -2.63. The van der Waals surface area contributed by atoms with E-state index in [4.69, 9.17) is 18.9 Å². The zero-order chi connectivity index (χ0) is 48.3. The molecule has 2 bridgehead atoms. The van der Waals surface area contributed by atoms with Gasteiger partial charge in [0.15, 0.2) is 6.10 Å². The van der Waals surface area contributed by atoms with E-state index < -0.39 is 69.8 Å². The number of aliphatic hydroxyl groups is 1. The maximum atomic E-state index is 15.6. The molecule has 1 aliphatic carbocycles. The van der Waals surface area contributed by atoms with Gasteiger partial charge in [0.05, 0.1) is 27.4 Å². The topological polar surface area (TPSA) is 134 Å². The van der Waals surface area contributed by atoms with Crippen molar-refractivity contribution < 1.29 is 51.6 Å². The minimum Gasteiger partial charge on any atom is -0.496 e. The van der Waals surface area contributed by atoms with Crippen LogP contribution in [-0.2, 0) is 51.7 Å². The molecule has 10 rings (SSSR count). The highest BCUT2D eigenvalue weighted by Gasteiger charge is 2.80. The third kappa shape index (κ3) is 6.62. The van der Waals surface area contributed by atoms with E-state index in [1.807, 2.05) is 55.3 Å². The Balaban J connectivity index is 1.23. The second kappa shape index (κ2) is 16.6. The lowest BCUT2D eigenvalue weighted by atomic mass is 9.47. The van der Waals surface area contributed by atoms with E-state index in [1.54, 1.807) is 23.9 Å². The van der Waals surface area contributed by atoms with E-state index in [2.05, 4.69) is 20.9 Å². The number of aromatic nitrogens is 1. The first-order valence-electron chi connectivity index (χ1n) is 23.5. The average Bonchev–Trinajstić information content (AvgIpc) is 3.97. The molecule has 68 heavy (non-hydrogen) atoms. The Bertz CT molecular complexity index is 2730. The number of anilines is 1. The molecule has 3 fully saturated rings. The van der Waals surface area contributed by atoms with Crippen molar-refractivity contribution in [3.05, 3.63) is 101 Å². The number of methoxy groups -OCH3 is 3. The molecular weight excluding hydrogens is 898 g/mol. The fourth-order valence-corrected chi connectivity index (χ4v) is 15.0. The summed E-state index contributed by atoms with van der Waals surface area (Å²) in [7, 11) is 5.90. The van der Waals surface area contributed by atoms with Gasteiger partial charge in [0.25, 0.3) is 0 Å². The average molecular weight is 957 g/mol. The predicted octanol–water partition coefficient (Wildman–Crippen LogP) is 7.51. The number of H-pyrrole nitrogens is 1. The number of nitrogens with zero attached hydrogens (tertiary/aromatic N) is 3. The maximum absolute atomic E-state index is 15.6. The molecule has 16 heteroatoms. The van der Waals surface area contributed by atoms with E-state index in [1.165, 1.54) is 40.4 Å². The second-order valence-corrected chi connectivity index (χ2v) is 21.1. The third-order valence-corrected chi connectivity index (χ3v) is 17.7. The van der Waals surface area contributed by atoms with Crippen LogP contribution in [0.1, 0.15) is 74.4 Å². The summed E-state index contributed by atoms with van der Waals surface area (Å²) in [5, 5.41) is 14.2. The van der Waals surface area contributed by atoms with Crippen molar-refractivity contribution in [3.63, 3.8) is 0 Å².